The number of amides is 3. The summed E-state index contributed by atoms with van der Waals surface area (Å²) >= 11 is 0. The Balaban J connectivity index is 0.933. The fraction of sp³-hybridized carbons (Fsp3) is 0.723. The van der Waals surface area contributed by atoms with Gasteiger partial charge in [0.05, 0.1) is 196 Å². The summed E-state index contributed by atoms with van der Waals surface area (Å²) in [6.07, 6.45) is -1.13. The molecule has 3 amide bonds. The molecule has 0 bridgehead atoms. The minimum atomic E-state index is -2.61. The number of aliphatic hydroxyl groups is 3. The first-order chi connectivity index (χ1) is 46.2. The van der Waals surface area contributed by atoms with Crippen LogP contribution in [0, 0.1) is 13.8 Å². The molecular formula is C65H105N7O23. The zero-order valence-electron chi connectivity index (χ0n) is 55.4. The number of carbonyl (C=O) groups is 4. The van der Waals surface area contributed by atoms with E-state index in [-0.39, 0.29) is 82.0 Å². The van der Waals surface area contributed by atoms with Crippen LogP contribution in [0.15, 0.2) is 48.7 Å². The number of hydrogen-bond donors (Lipinski definition) is 8. The molecule has 1 saturated heterocycles. The van der Waals surface area contributed by atoms with Crippen LogP contribution in [-0.2, 0) is 93.8 Å². The third-order valence-electron chi connectivity index (χ3n) is 15.4. The number of aliphatic hydroxyl groups excluding tert-OH is 3. The lowest BCUT2D eigenvalue weighted by Gasteiger charge is -2.46. The van der Waals surface area contributed by atoms with Crippen molar-refractivity contribution in [1.82, 2.24) is 30.5 Å². The molecule has 2 heterocycles. The van der Waals surface area contributed by atoms with E-state index in [0.717, 1.165) is 43.4 Å². The van der Waals surface area contributed by atoms with Gasteiger partial charge >= 0.3 is 5.97 Å². The number of hydrogen-bond acceptors (Lipinski definition) is 25. The molecule has 1 saturated carbocycles. The number of nitrogens with two attached hydrogens (primary N) is 1. The van der Waals surface area contributed by atoms with Gasteiger partial charge in [0, 0.05) is 50.3 Å². The molecule has 2 fully saturated rings. The van der Waals surface area contributed by atoms with E-state index in [1.807, 2.05) is 30.3 Å². The van der Waals surface area contributed by atoms with Crippen molar-refractivity contribution in [2.24, 2.45) is 5.73 Å². The van der Waals surface area contributed by atoms with Crippen molar-refractivity contribution < 1.29 is 111 Å². The van der Waals surface area contributed by atoms with Crippen molar-refractivity contribution in [3.63, 3.8) is 0 Å². The lowest BCUT2D eigenvalue weighted by Crippen LogP contribution is -2.68. The molecule has 95 heavy (non-hydrogen) atoms. The minimum absolute atomic E-state index is 0.0157. The minimum Gasteiger partial charge on any atom is -0.507 e. The summed E-state index contributed by atoms with van der Waals surface area (Å²) in [6.45, 7) is 12.9. The summed E-state index contributed by atoms with van der Waals surface area (Å²) in [7, 11) is 0. The molecule has 1 aromatic heterocycles. The average molecular weight is 1350 g/mol. The monoisotopic (exact) mass is 1350 g/mol. The fourth-order valence-electron chi connectivity index (χ4n) is 10.3. The van der Waals surface area contributed by atoms with Gasteiger partial charge in [0.25, 0.3) is 11.7 Å². The van der Waals surface area contributed by atoms with Crippen LogP contribution in [0.3, 0.4) is 0 Å². The van der Waals surface area contributed by atoms with Gasteiger partial charge in [-0.25, -0.2) is 9.48 Å². The molecule has 0 radical (unpaired) electrons. The van der Waals surface area contributed by atoms with Crippen molar-refractivity contribution in [3.05, 3.63) is 76.6 Å². The number of aromatic hydroxyl groups is 1. The lowest BCUT2D eigenvalue weighted by molar-refractivity contribution is -0.310. The van der Waals surface area contributed by atoms with E-state index in [1.165, 1.54) is 16.8 Å². The van der Waals surface area contributed by atoms with Crippen LogP contribution < -0.4 is 16.4 Å². The van der Waals surface area contributed by atoms with Gasteiger partial charge in [0.1, 0.15) is 24.5 Å². The summed E-state index contributed by atoms with van der Waals surface area (Å²) in [6, 6.07) is 10.7. The Labute approximate surface area is 556 Å². The standard InChI is InChI=1S/C65H105N7O23/c1-49-42-53(43-50(2)60(49)77)63(79)67-45-56(74)61(78)62-59(68-57(75)48-72-47-54(69-70-72)52-12-7-4-8-13-52)55(73)44-65(95-62,64(80)81)94-17-9-16-71(46-51-10-5-3-6-11-51)58(76)14-18-82-20-22-84-24-26-86-28-30-88-32-34-90-36-38-92-40-41-93-39-37-91-35-33-89-31-29-87-27-25-85-23-21-83-19-15-66/h3,5-6,10-11,42-43,47,52,55-56,59,61-62,73-74,77-78H,4,7-9,12-41,44-46,48,66H2,1-2H3,(H,67,79)(H,68,75)(H,80,81)/t55-,56-,59?,61-,62?,65-/m1/s1. The van der Waals surface area contributed by atoms with E-state index in [2.05, 4.69) is 20.9 Å². The molecule has 0 spiro atoms. The molecule has 30 nitrogen and oxygen atoms in total. The van der Waals surface area contributed by atoms with Gasteiger partial charge in [-0.2, -0.15) is 0 Å². The maximum absolute atomic E-state index is 13.7. The van der Waals surface area contributed by atoms with Crippen LogP contribution in [0.5, 0.6) is 5.75 Å². The van der Waals surface area contributed by atoms with Gasteiger partial charge in [0.15, 0.2) is 0 Å². The van der Waals surface area contributed by atoms with Gasteiger partial charge in [-0.05, 0) is 61.9 Å². The van der Waals surface area contributed by atoms with Gasteiger partial charge in [-0.3, -0.25) is 14.4 Å². The van der Waals surface area contributed by atoms with Crippen LogP contribution in [0.25, 0.3) is 0 Å². The van der Waals surface area contributed by atoms with Crippen LogP contribution >= 0.6 is 0 Å². The number of phenolic OH excluding ortho intramolecular Hbond substituents is 1. The Morgan fingerprint density at radius 3 is 1.63 bits per heavy atom. The Hall–Kier alpha value is -5.46. The van der Waals surface area contributed by atoms with E-state index in [9.17, 15) is 44.7 Å². The van der Waals surface area contributed by atoms with Gasteiger partial charge in [-0.15, -0.1) is 5.10 Å². The van der Waals surface area contributed by atoms with E-state index >= 15 is 0 Å². The maximum atomic E-state index is 13.7. The summed E-state index contributed by atoms with van der Waals surface area (Å²) in [5.41, 5.74) is 7.99. The molecule has 5 rings (SSSR count). The van der Waals surface area contributed by atoms with E-state index in [0.29, 0.717) is 156 Å². The lowest BCUT2D eigenvalue weighted by atomic mass is 9.87. The number of nitrogens with zero attached hydrogens (tertiary/aromatic N) is 4. The van der Waals surface area contributed by atoms with Gasteiger partial charge in [0.2, 0.25) is 11.8 Å². The summed E-state index contributed by atoms with van der Waals surface area (Å²) < 4.78 is 79.5. The van der Waals surface area contributed by atoms with Crippen LogP contribution in [0.4, 0.5) is 0 Å². The van der Waals surface area contributed by atoms with Gasteiger partial charge in [-0.1, -0.05) is 54.8 Å². The number of phenols is 1. The predicted octanol–water partition coefficient (Wildman–Crippen LogP) is 1.20. The smallest absolute Gasteiger partial charge is 0.364 e. The number of carbonyl (C=O) groups excluding carboxylic acids is 3. The summed E-state index contributed by atoms with van der Waals surface area (Å²) in [5, 5.41) is 69.3. The van der Waals surface area contributed by atoms with E-state index in [4.69, 9.17) is 72.0 Å². The molecule has 6 atom stereocenters. The number of aliphatic carboxylic acids is 1. The Morgan fingerprint density at radius 2 is 1.16 bits per heavy atom. The molecule has 9 N–H and O–H groups in total. The maximum Gasteiger partial charge on any atom is 0.364 e. The zero-order valence-corrected chi connectivity index (χ0v) is 55.4. The Morgan fingerprint density at radius 1 is 0.684 bits per heavy atom. The fourth-order valence-corrected chi connectivity index (χ4v) is 10.3. The number of benzene rings is 2. The molecule has 538 valence electrons. The van der Waals surface area contributed by atoms with Crippen molar-refractivity contribution in [2.45, 2.75) is 120 Å². The molecule has 2 unspecified atom stereocenters. The highest BCUT2D eigenvalue weighted by Crippen LogP contribution is 2.35. The first kappa shape index (κ1) is 80.2. The zero-order chi connectivity index (χ0) is 68.1. The van der Waals surface area contributed by atoms with Crippen LogP contribution in [0.2, 0.25) is 0 Å². The van der Waals surface area contributed by atoms with Gasteiger partial charge < -0.3 is 113 Å². The van der Waals surface area contributed by atoms with E-state index < -0.39 is 67.0 Å². The molecule has 30 heteroatoms. The largest absolute Gasteiger partial charge is 0.507 e. The number of carboxylic acid groups (broad SMARTS) is 1. The number of carboxylic acids is 1. The Bertz CT molecular complexity index is 2530. The van der Waals surface area contributed by atoms with Crippen molar-refractivity contribution in [1.29, 1.82) is 0 Å². The molecule has 1 aliphatic carbocycles. The highest BCUT2D eigenvalue weighted by atomic mass is 16.7. The highest BCUT2D eigenvalue weighted by molar-refractivity contribution is 5.95. The number of aromatic nitrogens is 3. The molecule has 2 aliphatic rings. The predicted molar refractivity (Wildman–Crippen MR) is 341 cm³/mol. The SMILES string of the molecule is Cc1cc(C(=O)NC[C@@H](O)[C@@H](O)C2O[C@@](OCCCN(Cc3ccccc3)C(=O)CCOCCOCCOCCOCCOCCOCCOCCOCCOCCOCCOCCOCCN)(C(=O)O)C[C@@H](O)C2NC(=O)Cn2cc(C3CCCCC3)nn2)cc(C)c1O. The summed E-state index contributed by atoms with van der Waals surface area (Å²) in [4.78, 5) is 55.3. The second kappa shape index (κ2) is 48.3. The number of nitrogens with one attached hydrogen (secondary N) is 2. The van der Waals surface area contributed by atoms with Crippen molar-refractivity contribution in [3.8, 4) is 5.75 Å². The molecule has 1 aliphatic heterocycles. The normalized spacial score (nSPS) is 18.2. The number of rotatable bonds is 55. The quantitative estimate of drug-likeness (QED) is 0.0368. The molecule has 3 aromatic rings. The molecular weight excluding hydrogens is 1250 g/mol. The third-order valence-corrected chi connectivity index (χ3v) is 15.4. The third kappa shape index (κ3) is 32.2. The van der Waals surface area contributed by atoms with Crippen molar-refractivity contribution in [2.75, 3.05) is 185 Å². The second-order valence-electron chi connectivity index (χ2n) is 22.8. The number of ether oxygens (including phenoxy) is 14. The van der Waals surface area contributed by atoms with E-state index in [1.54, 1.807) is 24.9 Å². The average Bonchev–Trinajstić information content (AvgIpc) is 1.10. The van der Waals surface area contributed by atoms with Crippen LogP contribution in [0.1, 0.15) is 90.0 Å². The first-order valence-electron chi connectivity index (χ1n) is 33.0. The Kier molecular flexibility index (Phi) is 40.8. The second-order valence-corrected chi connectivity index (χ2v) is 22.8. The van der Waals surface area contributed by atoms with Crippen molar-refractivity contribution >= 4 is 23.7 Å². The first-order valence-corrected chi connectivity index (χ1v) is 33.0. The summed E-state index contributed by atoms with van der Waals surface area (Å²) in [5.74, 6) is -5.62. The topological polar surface area (TPSA) is 383 Å². The van der Waals surface area contributed by atoms with Crippen LogP contribution in [-0.4, -0.2) is 290 Å². The number of aryl methyl sites for hydroxylation is 2. The molecule has 2 aromatic carbocycles. The highest BCUT2D eigenvalue weighted by Gasteiger charge is 2.56.